The largest absolute Gasteiger partial charge is 0.355 e. The van der Waals surface area contributed by atoms with Gasteiger partial charge in [0.15, 0.2) is 0 Å². The highest BCUT2D eigenvalue weighted by molar-refractivity contribution is 9.11. The molecule has 0 radical (unpaired) electrons. The lowest BCUT2D eigenvalue weighted by molar-refractivity contribution is -0.120. The highest BCUT2D eigenvalue weighted by atomic mass is 79.9. The van der Waals surface area contributed by atoms with E-state index >= 15 is 0 Å². The normalized spacial score (nSPS) is 18.4. The molecule has 0 bridgehead atoms. The van der Waals surface area contributed by atoms with Gasteiger partial charge in [0.2, 0.25) is 5.91 Å². The second-order valence-corrected chi connectivity index (χ2v) is 8.60. The molecule has 2 heterocycles. The maximum Gasteiger partial charge on any atom is 0.253 e. The molecule has 1 aliphatic heterocycles. The molecule has 8 heteroatoms. The molecule has 0 spiro atoms. The summed E-state index contributed by atoms with van der Waals surface area (Å²) in [5, 5.41) is 2.66. The van der Waals surface area contributed by atoms with Gasteiger partial charge in [-0.1, -0.05) is 0 Å². The van der Waals surface area contributed by atoms with Crippen molar-refractivity contribution in [2.75, 3.05) is 19.6 Å². The molecule has 1 N–H and O–H groups in total. The zero-order chi connectivity index (χ0) is 13.3. The van der Waals surface area contributed by atoms with E-state index in [1.54, 1.807) is 6.07 Å². The molecule has 0 unspecified atom stereocenters. The highest BCUT2D eigenvalue weighted by Gasteiger charge is 2.29. The topological polar surface area (TPSA) is 66.5 Å². The molecule has 0 aromatic carbocycles. The lowest BCUT2D eigenvalue weighted by atomic mass is 10.4. The van der Waals surface area contributed by atoms with Crippen molar-refractivity contribution < 1.29 is 13.2 Å². The first-order valence-corrected chi connectivity index (χ1v) is 8.49. The van der Waals surface area contributed by atoms with E-state index in [9.17, 15) is 13.2 Å². The quantitative estimate of drug-likeness (QED) is 0.872. The van der Waals surface area contributed by atoms with Crippen LogP contribution in [0.2, 0.25) is 0 Å². The van der Waals surface area contributed by atoms with Gasteiger partial charge in [-0.05, 0) is 40.9 Å². The Hall–Kier alpha value is -0.440. The first kappa shape index (κ1) is 14.0. The molecular formula is C10H13BrN2O3S2. The Morgan fingerprint density at radius 1 is 1.50 bits per heavy atom. The van der Waals surface area contributed by atoms with E-state index in [4.69, 9.17) is 0 Å². The summed E-state index contributed by atoms with van der Waals surface area (Å²) >= 11 is 4.49. The minimum absolute atomic E-state index is 0.100. The van der Waals surface area contributed by atoms with E-state index in [0.717, 1.165) is 9.35 Å². The second kappa shape index (κ2) is 5.28. The minimum atomic E-state index is -3.56. The summed E-state index contributed by atoms with van der Waals surface area (Å²) in [5.41, 5.74) is 0.887. The SMILES string of the molecule is Cc1cc(S(=O)(=O)N2CCCNC(=O)C2)sc1Br. The summed E-state index contributed by atoms with van der Waals surface area (Å²) in [4.78, 5) is 11.4. The number of amides is 1. The van der Waals surface area contributed by atoms with Crippen molar-refractivity contribution >= 4 is 43.2 Å². The van der Waals surface area contributed by atoms with Crippen LogP contribution in [0.5, 0.6) is 0 Å². The van der Waals surface area contributed by atoms with Crippen molar-refractivity contribution in [1.82, 2.24) is 9.62 Å². The van der Waals surface area contributed by atoms with Crippen molar-refractivity contribution in [2.45, 2.75) is 17.6 Å². The Morgan fingerprint density at radius 3 is 2.83 bits per heavy atom. The number of nitrogens with one attached hydrogen (secondary N) is 1. The van der Waals surface area contributed by atoms with Crippen LogP contribution in [0.3, 0.4) is 0 Å². The maximum absolute atomic E-state index is 12.4. The third-order valence-electron chi connectivity index (χ3n) is 2.66. The van der Waals surface area contributed by atoms with Crippen LogP contribution in [0.15, 0.2) is 14.1 Å². The van der Waals surface area contributed by atoms with Crippen LogP contribution in [-0.2, 0) is 14.8 Å². The van der Waals surface area contributed by atoms with Gasteiger partial charge in [0.1, 0.15) is 4.21 Å². The molecule has 100 valence electrons. The van der Waals surface area contributed by atoms with Crippen LogP contribution in [0.4, 0.5) is 0 Å². The molecule has 0 aliphatic carbocycles. The van der Waals surface area contributed by atoms with Gasteiger partial charge in [-0.3, -0.25) is 4.79 Å². The standard InChI is InChI=1S/C10H13BrN2O3S2/c1-7-5-9(17-10(7)11)18(15,16)13-4-2-3-12-8(14)6-13/h5H,2-4,6H2,1H3,(H,12,14). The van der Waals surface area contributed by atoms with Crippen molar-refractivity contribution in [3.63, 3.8) is 0 Å². The molecule has 1 aliphatic rings. The Morgan fingerprint density at radius 2 is 2.22 bits per heavy atom. The van der Waals surface area contributed by atoms with E-state index in [1.807, 2.05) is 6.92 Å². The van der Waals surface area contributed by atoms with E-state index in [0.29, 0.717) is 19.5 Å². The molecule has 5 nitrogen and oxygen atoms in total. The fraction of sp³-hybridized carbons (Fsp3) is 0.500. The third-order valence-corrected chi connectivity index (χ3v) is 7.09. The average Bonchev–Trinajstić information content (AvgIpc) is 2.52. The zero-order valence-corrected chi connectivity index (χ0v) is 13.0. The monoisotopic (exact) mass is 352 g/mol. The Labute approximate surface area is 118 Å². The zero-order valence-electron chi connectivity index (χ0n) is 9.77. The molecule has 1 aromatic rings. The molecule has 0 atom stereocenters. The number of carbonyl (C=O) groups excluding carboxylic acids is 1. The number of rotatable bonds is 2. The smallest absolute Gasteiger partial charge is 0.253 e. The first-order valence-electron chi connectivity index (χ1n) is 5.44. The van der Waals surface area contributed by atoms with Gasteiger partial charge in [0.05, 0.1) is 10.3 Å². The van der Waals surface area contributed by atoms with Gasteiger partial charge in [0, 0.05) is 13.1 Å². The van der Waals surface area contributed by atoms with Crippen LogP contribution in [0, 0.1) is 6.92 Å². The van der Waals surface area contributed by atoms with Crippen molar-refractivity contribution in [3.8, 4) is 0 Å². The van der Waals surface area contributed by atoms with Crippen molar-refractivity contribution in [3.05, 3.63) is 15.4 Å². The predicted octanol–water partition coefficient (Wildman–Crippen LogP) is 1.33. The highest BCUT2D eigenvalue weighted by Crippen LogP contribution is 2.32. The maximum atomic E-state index is 12.4. The Balaban J connectivity index is 2.32. The predicted molar refractivity (Wildman–Crippen MR) is 73.1 cm³/mol. The molecule has 1 aromatic heterocycles. The number of thiophene rings is 1. The Bertz CT molecular complexity index is 548. The summed E-state index contributed by atoms with van der Waals surface area (Å²) in [6, 6.07) is 1.63. The summed E-state index contributed by atoms with van der Waals surface area (Å²) in [6.07, 6.45) is 0.635. The van der Waals surface area contributed by atoms with Gasteiger partial charge in [-0.2, -0.15) is 4.31 Å². The van der Waals surface area contributed by atoms with Gasteiger partial charge in [-0.25, -0.2) is 8.42 Å². The number of sulfonamides is 1. The number of carbonyl (C=O) groups is 1. The third kappa shape index (κ3) is 2.76. The molecular weight excluding hydrogens is 340 g/mol. The summed E-state index contributed by atoms with van der Waals surface area (Å²) in [7, 11) is -3.56. The number of nitrogens with zero attached hydrogens (tertiary/aromatic N) is 1. The lowest BCUT2D eigenvalue weighted by Crippen LogP contribution is -2.37. The lowest BCUT2D eigenvalue weighted by Gasteiger charge is -2.17. The molecule has 2 rings (SSSR count). The number of hydrogen-bond acceptors (Lipinski definition) is 4. The van der Waals surface area contributed by atoms with E-state index in [1.165, 1.54) is 15.6 Å². The molecule has 1 fully saturated rings. The number of halogens is 1. The number of aryl methyl sites for hydroxylation is 1. The van der Waals surface area contributed by atoms with Crippen LogP contribution >= 0.6 is 27.3 Å². The van der Waals surface area contributed by atoms with Crippen molar-refractivity contribution in [1.29, 1.82) is 0 Å². The minimum Gasteiger partial charge on any atom is -0.355 e. The molecule has 1 amide bonds. The fourth-order valence-corrected chi connectivity index (χ4v) is 5.49. The van der Waals surface area contributed by atoms with Crippen LogP contribution in [0.25, 0.3) is 0 Å². The van der Waals surface area contributed by atoms with Gasteiger partial charge < -0.3 is 5.32 Å². The summed E-state index contributed by atoms with van der Waals surface area (Å²) < 4.78 is 27.1. The molecule has 0 saturated carbocycles. The second-order valence-electron chi connectivity index (χ2n) is 4.06. The van der Waals surface area contributed by atoms with Crippen LogP contribution in [-0.4, -0.2) is 38.3 Å². The van der Waals surface area contributed by atoms with Gasteiger partial charge in [0.25, 0.3) is 10.0 Å². The van der Waals surface area contributed by atoms with E-state index in [-0.39, 0.29) is 16.7 Å². The molecule has 1 saturated heterocycles. The van der Waals surface area contributed by atoms with Crippen molar-refractivity contribution in [2.24, 2.45) is 0 Å². The van der Waals surface area contributed by atoms with Gasteiger partial charge in [-0.15, -0.1) is 11.3 Å². The van der Waals surface area contributed by atoms with Crippen LogP contribution < -0.4 is 5.32 Å². The van der Waals surface area contributed by atoms with Gasteiger partial charge >= 0.3 is 0 Å². The van der Waals surface area contributed by atoms with E-state index < -0.39 is 10.0 Å². The summed E-state index contributed by atoms with van der Waals surface area (Å²) in [6.45, 7) is 2.64. The molecule has 18 heavy (non-hydrogen) atoms. The summed E-state index contributed by atoms with van der Waals surface area (Å²) in [5.74, 6) is -0.247. The number of hydrogen-bond donors (Lipinski definition) is 1. The fourth-order valence-electron chi connectivity index (χ4n) is 1.67. The first-order chi connectivity index (χ1) is 8.41. The Kier molecular flexibility index (Phi) is 4.10. The van der Waals surface area contributed by atoms with E-state index in [2.05, 4.69) is 21.2 Å². The average molecular weight is 353 g/mol. The van der Waals surface area contributed by atoms with Crippen LogP contribution in [0.1, 0.15) is 12.0 Å².